The Bertz CT molecular complexity index is 600. The molecule has 0 bridgehead atoms. The second-order valence-corrected chi connectivity index (χ2v) is 5.86. The molecule has 110 valence electrons. The van der Waals surface area contributed by atoms with Crippen LogP contribution in [0.2, 0.25) is 0 Å². The lowest BCUT2D eigenvalue weighted by molar-refractivity contribution is -0.132. The van der Waals surface area contributed by atoms with E-state index in [1.165, 1.54) is 30.3 Å². The molecule has 0 aliphatic heterocycles. The molecule has 0 amide bonds. The van der Waals surface area contributed by atoms with Gasteiger partial charge in [0.2, 0.25) is 0 Å². The third-order valence-corrected chi connectivity index (χ3v) is 3.32. The van der Waals surface area contributed by atoms with E-state index in [1.54, 1.807) is 7.05 Å². The number of rotatable bonds is 7. The summed E-state index contributed by atoms with van der Waals surface area (Å²) in [7, 11) is -0.365. The molecule has 20 heavy (non-hydrogen) atoms. The third-order valence-electron chi connectivity index (χ3n) is 2.21. The molecule has 0 saturated carbocycles. The van der Waals surface area contributed by atoms with Crippen LogP contribution < -0.4 is 4.74 Å². The van der Waals surface area contributed by atoms with Gasteiger partial charge in [-0.1, -0.05) is 5.22 Å². The molecule has 0 aliphatic carbocycles. The Morgan fingerprint density at radius 1 is 1.40 bits per heavy atom. The second-order valence-electron chi connectivity index (χ2n) is 3.84. The molecule has 0 heterocycles. The molecule has 0 aromatic heterocycles. The van der Waals surface area contributed by atoms with Gasteiger partial charge < -0.3 is 9.47 Å². The van der Waals surface area contributed by atoms with Crippen LogP contribution in [0.1, 0.15) is 0 Å². The molecule has 0 saturated heterocycles. The number of methoxy groups -OCH3 is 1. The molecule has 0 unspecified atom stereocenters. The van der Waals surface area contributed by atoms with Gasteiger partial charge in [-0.3, -0.25) is 4.79 Å². The lowest BCUT2D eigenvalue weighted by Gasteiger charge is -2.10. The fourth-order valence-electron chi connectivity index (χ4n) is 1.27. The van der Waals surface area contributed by atoms with Gasteiger partial charge in [-0.05, 0) is 18.2 Å². The average Bonchev–Trinajstić information content (AvgIpc) is 2.41. The Kier molecular flexibility index (Phi) is 5.44. The van der Waals surface area contributed by atoms with Crippen molar-refractivity contribution in [2.75, 3.05) is 27.1 Å². The molecule has 0 fully saturated rings. The monoisotopic (exact) mass is 301 g/mol. The summed E-state index contributed by atoms with van der Waals surface area (Å²) in [5, 5.41) is 8.90. The molecule has 8 nitrogen and oxygen atoms in total. The van der Waals surface area contributed by atoms with E-state index < -0.39 is 9.84 Å². The first kappa shape index (κ1) is 15.9. The minimum Gasteiger partial charge on any atom is -0.494 e. The van der Waals surface area contributed by atoms with Gasteiger partial charge in [0.1, 0.15) is 11.4 Å². The lowest BCUT2D eigenvalue weighted by atomic mass is 10.3. The van der Waals surface area contributed by atoms with Gasteiger partial charge in [-0.15, -0.1) is 5.11 Å². The van der Waals surface area contributed by atoms with Crippen LogP contribution >= 0.6 is 0 Å². The highest BCUT2D eigenvalue weighted by Crippen LogP contribution is 2.30. The van der Waals surface area contributed by atoms with Crippen LogP contribution in [-0.4, -0.2) is 47.0 Å². The van der Waals surface area contributed by atoms with Gasteiger partial charge in [-0.25, -0.2) is 13.4 Å². The molecule has 0 spiro atoms. The van der Waals surface area contributed by atoms with Crippen molar-refractivity contribution >= 4 is 22.0 Å². The van der Waals surface area contributed by atoms with Crippen molar-refractivity contribution in [3.8, 4) is 5.75 Å². The normalized spacial score (nSPS) is 11.3. The molecule has 0 atom stereocenters. The highest BCUT2D eigenvalue weighted by molar-refractivity contribution is 7.90. The molecule has 1 aromatic carbocycles. The van der Waals surface area contributed by atoms with Crippen molar-refractivity contribution in [2.24, 2.45) is 10.3 Å². The Balaban J connectivity index is 3.03. The zero-order valence-corrected chi connectivity index (χ0v) is 12.1. The van der Waals surface area contributed by atoms with E-state index in [2.05, 4.69) is 15.1 Å². The van der Waals surface area contributed by atoms with E-state index in [-0.39, 0.29) is 23.8 Å². The smallest absolute Gasteiger partial charge is 0.294 e. The fourth-order valence-corrected chi connectivity index (χ4v) is 1.91. The molecule has 1 rings (SSSR count). The van der Waals surface area contributed by atoms with Gasteiger partial charge in [0.05, 0.1) is 12.0 Å². The summed E-state index contributed by atoms with van der Waals surface area (Å²) < 4.78 is 32.5. The Labute approximate surface area is 116 Å². The minimum atomic E-state index is -3.34. The molecule has 0 radical (unpaired) electrons. The average molecular weight is 301 g/mol. The maximum absolute atomic E-state index is 11.5. The molecule has 1 aromatic rings. The van der Waals surface area contributed by atoms with Crippen molar-refractivity contribution in [1.29, 1.82) is 0 Å². The predicted molar refractivity (Wildman–Crippen MR) is 70.4 cm³/mol. The van der Waals surface area contributed by atoms with E-state index in [1.807, 2.05) is 0 Å². The van der Waals surface area contributed by atoms with Crippen LogP contribution in [0.3, 0.4) is 0 Å². The van der Waals surface area contributed by atoms with Crippen LogP contribution in [0.25, 0.3) is 0 Å². The molecular formula is C11H15N3O5S. The number of sulfone groups is 1. The van der Waals surface area contributed by atoms with Gasteiger partial charge in [0, 0.05) is 13.3 Å². The number of hydrogen-bond acceptors (Lipinski definition) is 7. The fraction of sp³-hybridized carbons (Fsp3) is 0.364. The number of ether oxygens (including phenoxy) is 2. The summed E-state index contributed by atoms with van der Waals surface area (Å²) in [6, 6.07) is 4.27. The Hall–Kier alpha value is -2.16. The summed E-state index contributed by atoms with van der Waals surface area (Å²) in [5.74, 6) is 0.380. The first-order valence-electron chi connectivity index (χ1n) is 5.44. The van der Waals surface area contributed by atoms with Crippen LogP contribution in [0, 0.1) is 0 Å². The Morgan fingerprint density at radius 2 is 2.10 bits per heavy atom. The van der Waals surface area contributed by atoms with Crippen LogP contribution in [0.15, 0.2) is 33.4 Å². The van der Waals surface area contributed by atoms with Crippen molar-refractivity contribution in [1.82, 2.24) is 5.01 Å². The van der Waals surface area contributed by atoms with Crippen molar-refractivity contribution in [2.45, 2.75) is 4.90 Å². The van der Waals surface area contributed by atoms with Gasteiger partial charge >= 0.3 is 0 Å². The summed E-state index contributed by atoms with van der Waals surface area (Å²) in [6.45, 7) is 0.220. The zero-order valence-electron chi connectivity index (χ0n) is 11.3. The summed E-state index contributed by atoms with van der Waals surface area (Å²) in [5.41, 5.74) is 0.258. The third kappa shape index (κ3) is 4.50. The van der Waals surface area contributed by atoms with E-state index in [4.69, 9.17) is 4.74 Å². The number of carbonyl (C=O) groups excluding carboxylic acids is 1. The predicted octanol–water partition coefficient (Wildman–Crippen LogP) is 1.16. The standard InChI is InChI=1S/C11H15N3O5S/c1-14(7-19-8-15)13-12-10-6-9(20(3,16)17)4-5-11(10)18-2/h4-6,8H,7H2,1-3H3. The SMILES string of the molecule is COc1ccc(S(C)(=O)=O)cc1N=NN(C)COC=O. The van der Waals surface area contributed by atoms with E-state index in [0.717, 1.165) is 6.26 Å². The largest absolute Gasteiger partial charge is 0.494 e. The highest BCUT2D eigenvalue weighted by Gasteiger charge is 2.11. The number of hydrogen-bond donors (Lipinski definition) is 0. The second kappa shape index (κ2) is 6.85. The highest BCUT2D eigenvalue weighted by atomic mass is 32.2. The number of nitrogens with zero attached hydrogens (tertiary/aromatic N) is 3. The number of carbonyl (C=O) groups is 1. The van der Waals surface area contributed by atoms with Crippen LogP contribution in [-0.2, 0) is 19.4 Å². The first-order valence-corrected chi connectivity index (χ1v) is 7.33. The summed E-state index contributed by atoms with van der Waals surface area (Å²) in [4.78, 5) is 10.1. The quantitative estimate of drug-likeness (QED) is 0.324. The first-order chi connectivity index (χ1) is 9.38. The maximum atomic E-state index is 11.5. The lowest BCUT2D eigenvalue weighted by Crippen LogP contribution is -2.13. The van der Waals surface area contributed by atoms with Gasteiger partial charge in [0.25, 0.3) is 6.47 Å². The minimum absolute atomic E-state index is 0.0684. The van der Waals surface area contributed by atoms with Crippen molar-refractivity contribution < 1.29 is 22.7 Å². The van der Waals surface area contributed by atoms with E-state index in [0.29, 0.717) is 5.75 Å². The zero-order chi connectivity index (χ0) is 15.2. The summed E-state index contributed by atoms with van der Waals surface area (Å²) in [6.07, 6.45) is 1.10. The van der Waals surface area contributed by atoms with Gasteiger partial charge in [0.15, 0.2) is 16.6 Å². The van der Waals surface area contributed by atoms with E-state index in [9.17, 15) is 13.2 Å². The molecular weight excluding hydrogens is 286 g/mol. The molecule has 0 N–H and O–H groups in total. The van der Waals surface area contributed by atoms with E-state index >= 15 is 0 Å². The van der Waals surface area contributed by atoms with Crippen LogP contribution in [0.5, 0.6) is 5.75 Å². The topological polar surface area (TPSA) is 97.6 Å². The molecule has 0 aliphatic rings. The van der Waals surface area contributed by atoms with Gasteiger partial charge in [-0.2, -0.15) is 0 Å². The number of benzene rings is 1. The van der Waals surface area contributed by atoms with Crippen LogP contribution in [0.4, 0.5) is 5.69 Å². The summed E-state index contributed by atoms with van der Waals surface area (Å²) >= 11 is 0. The maximum Gasteiger partial charge on any atom is 0.294 e. The van der Waals surface area contributed by atoms with Crippen molar-refractivity contribution in [3.63, 3.8) is 0 Å². The Morgan fingerprint density at radius 3 is 2.65 bits per heavy atom. The molecule has 9 heteroatoms. The van der Waals surface area contributed by atoms with Crippen molar-refractivity contribution in [3.05, 3.63) is 18.2 Å².